The van der Waals surface area contributed by atoms with Gasteiger partial charge in [-0.25, -0.2) is 0 Å². The predicted octanol–water partition coefficient (Wildman–Crippen LogP) is 7.60. The Morgan fingerprint density at radius 2 is 1.31 bits per heavy atom. The Bertz CT molecular complexity index is 1410. The van der Waals surface area contributed by atoms with Crippen molar-refractivity contribution in [2.24, 2.45) is 0 Å². The van der Waals surface area contributed by atoms with Crippen molar-refractivity contribution in [1.82, 2.24) is 35.2 Å². The minimum Gasteiger partial charge on any atom is -0.311 e. The van der Waals surface area contributed by atoms with Crippen LogP contribution in [0.5, 0.6) is 0 Å². The first-order valence-electron chi connectivity index (χ1n) is 14.2. The molecule has 3 aromatic carbocycles. The second kappa shape index (κ2) is 14.9. The van der Waals surface area contributed by atoms with Crippen molar-refractivity contribution in [2.75, 3.05) is 0 Å². The van der Waals surface area contributed by atoms with Gasteiger partial charge in [0.1, 0.15) is 23.3 Å². The molecule has 0 amide bonds. The van der Waals surface area contributed by atoms with Gasteiger partial charge in [0.05, 0.1) is 0 Å². The van der Waals surface area contributed by atoms with Crippen molar-refractivity contribution < 1.29 is 4.80 Å². The summed E-state index contributed by atoms with van der Waals surface area (Å²) in [5.41, 5.74) is 4.80. The molecule has 0 aliphatic heterocycles. The lowest BCUT2D eigenvalue weighted by Gasteiger charge is -2.09. The van der Waals surface area contributed by atoms with Gasteiger partial charge in [-0.05, 0) is 73.1 Å². The number of benzene rings is 3. The Kier molecular flexibility index (Phi) is 10.8. The predicted molar refractivity (Wildman–Crippen MR) is 169 cm³/mol. The second-order valence-corrected chi connectivity index (χ2v) is 11.5. The molecule has 0 N–H and O–H groups in total. The third kappa shape index (κ3) is 7.82. The third-order valence-corrected chi connectivity index (χ3v) is 7.58. The van der Waals surface area contributed by atoms with Gasteiger partial charge in [0.25, 0.3) is 0 Å². The standard InChI is InChI=1S/C13H14S.C11H13N3.C9H12N5/c1-10(2)13-12(8-9-14-13)11-6-4-3-5-7-11;1-9(2)14-8-12-13-11(14)10-6-4-3-5-7-10;1-8(2)13-11-10-12-14(13)9-6-4-3-5-7-9/h3-10H,1-2H3;3-9H,1-2H3;3-8H,1-2H3/q;;+1. The fourth-order valence-electron chi connectivity index (χ4n) is 4.27. The monoisotopic (exact) mass is 579 g/mol. The molecule has 3 heterocycles. The number of nitrogens with zero attached hydrogens (tertiary/aromatic N) is 8. The molecular formula is C33H39N8S+. The van der Waals surface area contributed by atoms with Gasteiger partial charge in [-0.3, -0.25) is 0 Å². The van der Waals surface area contributed by atoms with Crippen LogP contribution in [0.3, 0.4) is 0 Å². The van der Waals surface area contributed by atoms with Crippen molar-refractivity contribution >= 4 is 11.3 Å². The van der Waals surface area contributed by atoms with Crippen LogP contribution in [0.2, 0.25) is 0 Å². The lowest BCUT2D eigenvalue weighted by atomic mass is 10.0. The molecule has 0 atom stereocenters. The van der Waals surface area contributed by atoms with Gasteiger partial charge in [-0.2, -0.15) is 0 Å². The molecule has 0 fully saturated rings. The molecule has 216 valence electrons. The first-order chi connectivity index (χ1) is 20.4. The largest absolute Gasteiger partial charge is 0.311 e. The molecular weight excluding hydrogens is 540 g/mol. The van der Waals surface area contributed by atoms with E-state index in [4.69, 9.17) is 0 Å². The van der Waals surface area contributed by atoms with E-state index in [0.29, 0.717) is 12.0 Å². The van der Waals surface area contributed by atoms with Crippen LogP contribution in [0.4, 0.5) is 0 Å². The molecule has 0 aliphatic carbocycles. The molecule has 42 heavy (non-hydrogen) atoms. The highest BCUT2D eigenvalue weighted by Crippen LogP contribution is 2.33. The van der Waals surface area contributed by atoms with E-state index in [1.165, 1.54) is 16.0 Å². The van der Waals surface area contributed by atoms with E-state index >= 15 is 0 Å². The fraction of sp³-hybridized carbons (Fsp3) is 0.273. The molecule has 0 spiro atoms. The Labute approximate surface area is 252 Å². The zero-order valence-electron chi connectivity index (χ0n) is 25.1. The van der Waals surface area contributed by atoms with Crippen molar-refractivity contribution in [3.63, 3.8) is 0 Å². The van der Waals surface area contributed by atoms with Crippen LogP contribution in [0.1, 0.15) is 64.4 Å². The van der Waals surface area contributed by atoms with Crippen LogP contribution in [0.15, 0.2) is 109 Å². The molecule has 6 rings (SSSR count). The molecule has 0 bridgehead atoms. The van der Waals surface area contributed by atoms with Crippen molar-refractivity contribution in [3.8, 4) is 28.2 Å². The highest BCUT2D eigenvalue weighted by Gasteiger charge is 2.16. The quantitative estimate of drug-likeness (QED) is 0.190. The summed E-state index contributed by atoms with van der Waals surface area (Å²) < 4.78 is 2.06. The number of hydrogen-bond acceptors (Lipinski definition) is 6. The number of rotatable bonds is 6. The number of hydrogen-bond donors (Lipinski definition) is 0. The SMILES string of the molecule is CC(C)[n+]1nnnn1-c1ccccc1.CC(C)c1sccc1-c1ccccc1.CC(C)n1cnnc1-c1ccccc1. The van der Waals surface area contributed by atoms with E-state index in [1.807, 2.05) is 85.8 Å². The highest BCUT2D eigenvalue weighted by atomic mass is 32.1. The molecule has 3 aromatic heterocycles. The topological polar surface area (TPSA) is 78.2 Å². The van der Waals surface area contributed by atoms with Crippen LogP contribution in [-0.4, -0.2) is 35.2 Å². The van der Waals surface area contributed by atoms with Gasteiger partial charge in [0, 0.05) is 16.5 Å². The molecule has 8 nitrogen and oxygen atoms in total. The van der Waals surface area contributed by atoms with E-state index in [-0.39, 0.29) is 6.04 Å². The zero-order valence-corrected chi connectivity index (χ0v) is 25.9. The number of thiophene rings is 1. The van der Waals surface area contributed by atoms with Crippen molar-refractivity contribution in [1.29, 1.82) is 0 Å². The molecule has 0 unspecified atom stereocenters. The van der Waals surface area contributed by atoms with Crippen LogP contribution in [0, 0.1) is 0 Å². The summed E-state index contributed by atoms with van der Waals surface area (Å²) in [6, 6.07) is 33.4. The fourth-order valence-corrected chi connectivity index (χ4v) is 5.20. The molecule has 9 heteroatoms. The summed E-state index contributed by atoms with van der Waals surface area (Å²) in [7, 11) is 0. The Morgan fingerprint density at radius 1 is 0.714 bits per heavy atom. The minimum atomic E-state index is 0.241. The molecule has 0 radical (unpaired) electrons. The summed E-state index contributed by atoms with van der Waals surface area (Å²) in [6.45, 7) is 12.8. The van der Waals surface area contributed by atoms with E-state index < -0.39 is 0 Å². The molecule has 6 aromatic rings. The van der Waals surface area contributed by atoms with Gasteiger partial charge in [-0.1, -0.05) is 97.5 Å². The highest BCUT2D eigenvalue weighted by molar-refractivity contribution is 7.10. The van der Waals surface area contributed by atoms with Crippen LogP contribution in [0.25, 0.3) is 28.2 Å². The van der Waals surface area contributed by atoms with Gasteiger partial charge in [0.15, 0.2) is 5.82 Å². The van der Waals surface area contributed by atoms with Gasteiger partial charge in [0.2, 0.25) is 10.4 Å². The van der Waals surface area contributed by atoms with Crippen LogP contribution in [-0.2, 0) is 0 Å². The minimum absolute atomic E-state index is 0.241. The number of para-hydroxylation sites is 1. The first kappa shape index (κ1) is 30.5. The van der Waals surface area contributed by atoms with Crippen LogP contribution < -0.4 is 4.80 Å². The van der Waals surface area contributed by atoms with Crippen molar-refractivity contribution in [3.05, 3.63) is 114 Å². The Morgan fingerprint density at radius 3 is 1.88 bits per heavy atom. The summed E-state index contributed by atoms with van der Waals surface area (Å²) in [5, 5.41) is 21.7. The summed E-state index contributed by atoms with van der Waals surface area (Å²) in [6.07, 6.45) is 1.77. The lowest BCUT2D eigenvalue weighted by Crippen LogP contribution is -2.47. The zero-order chi connectivity index (χ0) is 29.9. The molecule has 0 saturated carbocycles. The maximum absolute atomic E-state index is 4.12. The summed E-state index contributed by atoms with van der Waals surface area (Å²) >= 11 is 1.85. The van der Waals surface area contributed by atoms with E-state index in [9.17, 15) is 0 Å². The molecule has 0 aliphatic rings. The average Bonchev–Trinajstić information content (AvgIpc) is 3.80. The van der Waals surface area contributed by atoms with Crippen LogP contribution >= 0.6 is 11.3 Å². The maximum Gasteiger partial charge on any atom is 0.231 e. The number of aromatic nitrogens is 8. The van der Waals surface area contributed by atoms with E-state index in [1.54, 1.807) is 15.9 Å². The Hall–Kier alpha value is -4.50. The smallest absolute Gasteiger partial charge is 0.231 e. The van der Waals surface area contributed by atoms with Gasteiger partial charge < -0.3 is 4.57 Å². The van der Waals surface area contributed by atoms with E-state index in [2.05, 4.69) is 99.9 Å². The average molecular weight is 580 g/mol. The normalized spacial score (nSPS) is 10.8. The molecule has 0 saturated heterocycles. The van der Waals surface area contributed by atoms with E-state index in [0.717, 1.165) is 17.1 Å². The summed E-state index contributed by atoms with van der Waals surface area (Å²) in [4.78, 5) is 4.90. The van der Waals surface area contributed by atoms with Gasteiger partial charge in [-0.15, -0.1) is 21.5 Å². The lowest BCUT2D eigenvalue weighted by molar-refractivity contribution is -0.838. The maximum atomic E-state index is 4.12. The summed E-state index contributed by atoms with van der Waals surface area (Å²) in [5.74, 6) is 1.55. The third-order valence-electron chi connectivity index (χ3n) is 6.37. The second-order valence-electron chi connectivity index (χ2n) is 10.5. The Balaban J connectivity index is 0.000000145. The van der Waals surface area contributed by atoms with Crippen molar-refractivity contribution in [2.45, 2.75) is 59.5 Å². The first-order valence-corrected chi connectivity index (χ1v) is 15.1. The van der Waals surface area contributed by atoms with Gasteiger partial charge >= 0.3 is 0 Å².